The second-order valence-corrected chi connectivity index (χ2v) is 9.35. The number of halogens is 2. The van der Waals surface area contributed by atoms with E-state index in [2.05, 4.69) is 10.2 Å². The predicted octanol–water partition coefficient (Wildman–Crippen LogP) is 2.86. The van der Waals surface area contributed by atoms with Crippen LogP contribution in [0.25, 0.3) is 0 Å². The van der Waals surface area contributed by atoms with Crippen LogP contribution in [-0.4, -0.2) is 56.8 Å². The number of likely N-dealkylation sites (N-methyl/N-ethyl adjacent to an activating group) is 1. The lowest BCUT2D eigenvalue weighted by Gasteiger charge is -2.31. The van der Waals surface area contributed by atoms with E-state index in [-0.39, 0.29) is 22.0 Å². The van der Waals surface area contributed by atoms with Crippen LogP contribution in [0.4, 0.5) is 0 Å². The van der Waals surface area contributed by atoms with Gasteiger partial charge in [-0.2, -0.15) is 4.31 Å². The Morgan fingerprint density at radius 3 is 2.39 bits per heavy atom. The van der Waals surface area contributed by atoms with Crippen LogP contribution in [0.2, 0.25) is 10.0 Å². The summed E-state index contributed by atoms with van der Waals surface area (Å²) in [6, 6.07) is 11.5. The summed E-state index contributed by atoms with van der Waals surface area (Å²) in [6.45, 7) is 2.31. The Bertz CT molecular complexity index is 974. The van der Waals surface area contributed by atoms with Gasteiger partial charge >= 0.3 is 0 Å². The van der Waals surface area contributed by atoms with Crippen LogP contribution in [0.1, 0.15) is 15.9 Å². The highest BCUT2D eigenvalue weighted by Gasteiger charge is 2.30. The van der Waals surface area contributed by atoms with Crippen LogP contribution in [0.5, 0.6) is 0 Å². The van der Waals surface area contributed by atoms with Gasteiger partial charge in [0.1, 0.15) is 4.90 Å². The minimum absolute atomic E-state index is 0.0517. The fourth-order valence-electron chi connectivity index (χ4n) is 2.93. The Balaban J connectivity index is 1.79. The van der Waals surface area contributed by atoms with Crippen molar-refractivity contribution < 1.29 is 13.2 Å². The van der Waals surface area contributed by atoms with E-state index < -0.39 is 15.9 Å². The van der Waals surface area contributed by atoms with Crippen LogP contribution in [0, 0.1) is 0 Å². The summed E-state index contributed by atoms with van der Waals surface area (Å²) in [5.41, 5.74) is 1.00. The molecule has 0 radical (unpaired) electrons. The molecule has 0 unspecified atom stereocenters. The molecule has 2 aromatic rings. The van der Waals surface area contributed by atoms with Crippen molar-refractivity contribution in [1.29, 1.82) is 0 Å². The third kappa shape index (κ3) is 4.67. The maximum atomic E-state index is 13.0. The van der Waals surface area contributed by atoms with E-state index in [0.29, 0.717) is 31.2 Å². The normalized spacial score (nSPS) is 16.1. The molecule has 28 heavy (non-hydrogen) atoms. The fraction of sp³-hybridized carbons (Fsp3) is 0.316. The Morgan fingerprint density at radius 2 is 1.71 bits per heavy atom. The maximum Gasteiger partial charge on any atom is 0.251 e. The number of rotatable bonds is 5. The minimum atomic E-state index is -3.77. The first-order valence-corrected chi connectivity index (χ1v) is 11.0. The Labute approximate surface area is 175 Å². The smallest absolute Gasteiger partial charge is 0.251 e. The van der Waals surface area contributed by atoms with Gasteiger partial charge in [-0.15, -0.1) is 0 Å². The highest BCUT2D eigenvalue weighted by molar-refractivity contribution is 7.89. The fourth-order valence-corrected chi connectivity index (χ4v) is 5.05. The second-order valence-electron chi connectivity index (χ2n) is 6.63. The van der Waals surface area contributed by atoms with Gasteiger partial charge in [0.2, 0.25) is 10.0 Å². The van der Waals surface area contributed by atoms with E-state index in [0.717, 1.165) is 5.56 Å². The molecule has 2 aromatic carbocycles. The summed E-state index contributed by atoms with van der Waals surface area (Å²) in [6.07, 6.45) is 0. The molecule has 9 heteroatoms. The molecular formula is C19H21Cl2N3O3S. The molecule has 1 saturated heterocycles. The van der Waals surface area contributed by atoms with Gasteiger partial charge < -0.3 is 10.2 Å². The number of hydrogen-bond acceptors (Lipinski definition) is 4. The van der Waals surface area contributed by atoms with Crippen molar-refractivity contribution in [3.63, 3.8) is 0 Å². The number of benzene rings is 2. The molecule has 0 spiro atoms. The zero-order valence-corrected chi connectivity index (χ0v) is 17.7. The first kappa shape index (κ1) is 21.1. The lowest BCUT2D eigenvalue weighted by molar-refractivity contribution is 0.0950. The van der Waals surface area contributed by atoms with Gasteiger partial charge in [0.25, 0.3) is 5.91 Å². The molecule has 0 saturated carbocycles. The number of nitrogens with zero attached hydrogens (tertiary/aromatic N) is 2. The molecule has 1 aliphatic rings. The topological polar surface area (TPSA) is 69.7 Å². The molecule has 0 atom stereocenters. The van der Waals surface area contributed by atoms with E-state index in [4.69, 9.17) is 23.2 Å². The zero-order chi connectivity index (χ0) is 20.3. The van der Waals surface area contributed by atoms with Crippen LogP contribution in [0.15, 0.2) is 47.4 Å². The van der Waals surface area contributed by atoms with Crippen molar-refractivity contribution in [2.24, 2.45) is 0 Å². The molecule has 0 aliphatic carbocycles. The Kier molecular flexibility index (Phi) is 6.62. The lowest BCUT2D eigenvalue weighted by atomic mass is 10.2. The Morgan fingerprint density at radius 1 is 1.04 bits per heavy atom. The molecule has 1 aliphatic heterocycles. The van der Waals surface area contributed by atoms with Crippen molar-refractivity contribution in [2.75, 3.05) is 33.2 Å². The van der Waals surface area contributed by atoms with E-state index in [1.165, 1.54) is 22.5 Å². The molecule has 3 rings (SSSR count). The zero-order valence-electron chi connectivity index (χ0n) is 15.4. The van der Waals surface area contributed by atoms with Crippen LogP contribution in [0.3, 0.4) is 0 Å². The third-order valence-electron chi connectivity index (χ3n) is 4.67. The van der Waals surface area contributed by atoms with Crippen LogP contribution >= 0.6 is 23.2 Å². The second kappa shape index (κ2) is 8.80. The van der Waals surface area contributed by atoms with Gasteiger partial charge in [-0.1, -0.05) is 41.4 Å². The monoisotopic (exact) mass is 441 g/mol. The van der Waals surface area contributed by atoms with Crippen LogP contribution < -0.4 is 5.32 Å². The Hall–Kier alpha value is -1.64. The van der Waals surface area contributed by atoms with Crippen molar-refractivity contribution in [1.82, 2.24) is 14.5 Å². The molecule has 150 valence electrons. The number of nitrogens with one attached hydrogen (secondary N) is 1. The quantitative estimate of drug-likeness (QED) is 0.774. The van der Waals surface area contributed by atoms with Gasteiger partial charge in [0.15, 0.2) is 0 Å². The summed E-state index contributed by atoms with van der Waals surface area (Å²) in [5, 5.41) is 3.41. The highest BCUT2D eigenvalue weighted by Crippen LogP contribution is 2.26. The molecule has 1 N–H and O–H groups in total. The van der Waals surface area contributed by atoms with E-state index >= 15 is 0 Å². The average molecular weight is 442 g/mol. The summed E-state index contributed by atoms with van der Waals surface area (Å²) in [5.74, 6) is -0.397. The van der Waals surface area contributed by atoms with Crippen molar-refractivity contribution in [3.8, 4) is 0 Å². The van der Waals surface area contributed by atoms with E-state index in [1.54, 1.807) is 6.07 Å². The SMILES string of the molecule is CN1CCN(S(=O)(=O)c2cc(C(=O)NCc3ccccc3Cl)ccc2Cl)CC1. The molecule has 1 amide bonds. The lowest BCUT2D eigenvalue weighted by Crippen LogP contribution is -2.47. The number of sulfonamides is 1. The molecule has 1 fully saturated rings. The minimum Gasteiger partial charge on any atom is -0.348 e. The third-order valence-corrected chi connectivity index (χ3v) is 7.42. The molecule has 0 aromatic heterocycles. The molecule has 0 bridgehead atoms. The molecule has 6 nitrogen and oxygen atoms in total. The van der Waals surface area contributed by atoms with Crippen molar-refractivity contribution >= 4 is 39.1 Å². The maximum absolute atomic E-state index is 13.0. The highest BCUT2D eigenvalue weighted by atomic mass is 35.5. The van der Waals surface area contributed by atoms with Gasteiger partial charge in [-0.25, -0.2) is 8.42 Å². The van der Waals surface area contributed by atoms with Gasteiger partial charge in [0.05, 0.1) is 5.02 Å². The first-order valence-electron chi connectivity index (χ1n) is 8.79. The number of piperazine rings is 1. The number of amides is 1. The predicted molar refractivity (Wildman–Crippen MR) is 110 cm³/mol. The summed E-state index contributed by atoms with van der Waals surface area (Å²) in [7, 11) is -1.83. The number of hydrogen-bond donors (Lipinski definition) is 1. The van der Waals surface area contributed by atoms with Gasteiger partial charge in [-0.3, -0.25) is 4.79 Å². The van der Waals surface area contributed by atoms with E-state index in [9.17, 15) is 13.2 Å². The summed E-state index contributed by atoms with van der Waals surface area (Å²) in [4.78, 5) is 14.5. The van der Waals surface area contributed by atoms with Gasteiger partial charge in [-0.05, 0) is 36.9 Å². The van der Waals surface area contributed by atoms with Crippen molar-refractivity contribution in [3.05, 3.63) is 63.6 Å². The van der Waals surface area contributed by atoms with E-state index in [1.807, 2.05) is 25.2 Å². The largest absolute Gasteiger partial charge is 0.348 e. The molecule has 1 heterocycles. The average Bonchev–Trinajstić information content (AvgIpc) is 2.67. The number of carbonyl (C=O) groups excluding carboxylic acids is 1. The standard InChI is InChI=1S/C19H21Cl2N3O3S/c1-23-8-10-24(11-9-23)28(26,27)18-12-14(6-7-17(18)21)19(25)22-13-15-4-2-3-5-16(15)20/h2-7,12H,8-11,13H2,1H3,(H,22,25). The van der Waals surface area contributed by atoms with Gasteiger partial charge in [0, 0.05) is 43.3 Å². The molecular weight excluding hydrogens is 421 g/mol. The van der Waals surface area contributed by atoms with Crippen molar-refractivity contribution in [2.45, 2.75) is 11.4 Å². The summed E-state index contributed by atoms with van der Waals surface area (Å²) >= 11 is 12.3. The first-order chi connectivity index (χ1) is 13.3. The van der Waals surface area contributed by atoms with Crippen LogP contribution in [-0.2, 0) is 16.6 Å². The number of carbonyl (C=O) groups is 1. The summed E-state index contributed by atoms with van der Waals surface area (Å²) < 4.78 is 27.4.